The summed E-state index contributed by atoms with van der Waals surface area (Å²) < 4.78 is 30.1. The van der Waals surface area contributed by atoms with Gasteiger partial charge in [0.15, 0.2) is 0 Å². The summed E-state index contributed by atoms with van der Waals surface area (Å²) in [6.07, 6.45) is 19.7. The van der Waals surface area contributed by atoms with Gasteiger partial charge in [-0.25, -0.2) is 0 Å². The summed E-state index contributed by atoms with van der Waals surface area (Å²) in [6.45, 7) is 16.9. The van der Waals surface area contributed by atoms with Crippen LogP contribution in [0.2, 0.25) is 0 Å². The van der Waals surface area contributed by atoms with Gasteiger partial charge in [-0.05, 0) is 122 Å². The first-order valence-corrected chi connectivity index (χ1v) is 16.2. The van der Waals surface area contributed by atoms with E-state index in [4.69, 9.17) is 23.7 Å². The zero-order valence-corrected chi connectivity index (χ0v) is 25.7. The van der Waals surface area contributed by atoms with Crippen LogP contribution in [0.3, 0.4) is 0 Å². The van der Waals surface area contributed by atoms with Crippen molar-refractivity contribution < 1.29 is 23.7 Å². The number of ether oxygens (including phenoxy) is 5. The highest BCUT2D eigenvalue weighted by Gasteiger charge is 2.44. The van der Waals surface area contributed by atoms with Gasteiger partial charge < -0.3 is 23.7 Å². The lowest BCUT2D eigenvalue weighted by Crippen LogP contribution is -2.43. The third-order valence-electron chi connectivity index (χ3n) is 10.5. The zero-order valence-electron chi connectivity index (χ0n) is 25.7. The molecule has 0 radical (unpaired) electrons. The molecule has 0 bridgehead atoms. The number of fused-ring (bicyclic) bond motifs is 2. The largest absolute Gasteiger partial charge is 0.381 e. The van der Waals surface area contributed by atoms with Crippen molar-refractivity contribution in [2.24, 2.45) is 17.3 Å². The number of unbranched alkanes of at least 4 members (excludes halogenated alkanes) is 1. The second kappa shape index (κ2) is 13.6. The highest BCUT2D eigenvalue weighted by molar-refractivity contribution is 4.92. The zero-order chi connectivity index (χ0) is 27.2. The van der Waals surface area contributed by atoms with Gasteiger partial charge in [-0.2, -0.15) is 0 Å². The number of hydrogen-bond acceptors (Lipinski definition) is 5. The van der Waals surface area contributed by atoms with Crippen LogP contribution in [0.25, 0.3) is 0 Å². The molecule has 0 aromatic carbocycles. The fraction of sp³-hybridized carbons (Fsp3) is 1.00. The first-order chi connectivity index (χ1) is 18.0. The van der Waals surface area contributed by atoms with Gasteiger partial charge in [0.2, 0.25) is 0 Å². The van der Waals surface area contributed by atoms with Crippen LogP contribution in [0.5, 0.6) is 0 Å². The maximum atomic E-state index is 6.48. The van der Waals surface area contributed by atoms with Gasteiger partial charge in [0, 0.05) is 19.8 Å². The SMILES string of the molecule is CC(C)(CCOC(C)(C)C(C)(C)CCCOCCCCC1CCC2OC2C1)OCCCC1CCC2OC2C1. The maximum absolute atomic E-state index is 6.48. The molecule has 6 unspecified atom stereocenters. The third-order valence-corrected chi connectivity index (χ3v) is 10.5. The van der Waals surface area contributed by atoms with E-state index in [1.807, 2.05) is 0 Å². The summed E-state index contributed by atoms with van der Waals surface area (Å²) in [5.74, 6) is 1.74. The van der Waals surface area contributed by atoms with Crippen molar-refractivity contribution in [2.75, 3.05) is 26.4 Å². The molecule has 6 atom stereocenters. The number of rotatable bonds is 19. The van der Waals surface area contributed by atoms with E-state index < -0.39 is 0 Å². The lowest BCUT2D eigenvalue weighted by molar-refractivity contribution is -0.122. The highest BCUT2D eigenvalue weighted by atomic mass is 16.6. The van der Waals surface area contributed by atoms with Crippen LogP contribution in [-0.4, -0.2) is 62.0 Å². The first-order valence-electron chi connectivity index (χ1n) is 16.2. The molecule has 4 fully saturated rings. The van der Waals surface area contributed by atoms with Crippen molar-refractivity contribution >= 4 is 0 Å². The average molecular weight is 537 g/mol. The monoisotopic (exact) mass is 536 g/mol. The predicted octanol–water partition coefficient (Wildman–Crippen LogP) is 7.88. The molecule has 4 aliphatic rings. The molecule has 2 heterocycles. The second-order valence-electron chi connectivity index (χ2n) is 14.7. The van der Waals surface area contributed by atoms with Gasteiger partial charge >= 0.3 is 0 Å². The van der Waals surface area contributed by atoms with Crippen LogP contribution < -0.4 is 0 Å². The molecule has 0 aromatic rings. The van der Waals surface area contributed by atoms with E-state index in [2.05, 4.69) is 41.5 Å². The molecule has 2 aliphatic carbocycles. The van der Waals surface area contributed by atoms with E-state index in [1.165, 1.54) is 64.2 Å². The Balaban J connectivity index is 0.991. The lowest BCUT2D eigenvalue weighted by Gasteiger charge is -2.42. The van der Waals surface area contributed by atoms with E-state index in [1.54, 1.807) is 0 Å². The molecule has 5 heteroatoms. The van der Waals surface area contributed by atoms with Gasteiger partial charge in [0.05, 0.1) is 42.2 Å². The van der Waals surface area contributed by atoms with Crippen molar-refractivity contribution in [3.8, 4) is 0 Å². The van der Waals surface area contributed by atoms with Crippen molar-refractivity contribution in [1.29, 1.82) is 0 Å². The van der Waals surface area contributed by atoms with Crippen molar-refractivity contribution in [1.82, 2.24) is 0 Å². The van der Waals surface area contributed by atoms with Crippen LogP contribution in [0.15, 0.2) is 0 Å². The summed E-state index contributed by atoms with van der Waals surface area (Å²) in [7, 11) is 0. The molecule has 5 nitrogen and oxygen atoms in total. The smallest absolute Gasteiger partial charge is 0.0844 e. The Hall–Kier alpha value is -0.200. The van der Waals surface area contributed by atoms with Gasteiger partial charge in [-0.1, -0.05) is 26.7 Å². The van der Waals surface area contributed by atoms with Crippen molar-refractivity contribution in [3.05, 3.63) is 0 Å². The van der Waals surface area contributed by atoms with E-state index in [0.29, 0.717) is 24.4 Å². The Morgan fingerprint density at radius 2 is 1.18 bits per heavy atom. The van der Waals surface area contributed by atoms with Crippen LogP contribution in [0.4, 0.5) is 0 Å². The summed E-state index contributed by atoms with van der Waals surface area (Å²) in [5.41, 5.74) is -0.233. The molecular weight excluding hydrogens is 476 g/mol. The normalized spacial score (nSPS) is 31.1. The Kier molecular flexibility index (Phi) is 11.0. The van der Waals surface area contributed by atoms with Gasteiger partial charge in [0.25, 0.3) is 0 Å². The van der Waals surface area contributed by atoms with E-state index in [-0.39, 0.29) is 16.6 Å². The van der Waals surface area contributed by atoms with E-state index >= 15 is 0 Å². The Bertz CT molecular complexity index is 703. The van der Waals surface area contributed by atoms with E-state index in [0.717, 1.165) is 63.9 Å². The van der Waals surface area contributed by atoms with Crippen LogP contribution >= 0.6 is 0 Å². The quantitative estimate of drug-likeness (QED) is 0.124. The van der Waals surface area contributed by atoms with Crippen molar-refractivity contribution in [3.63, 3.8) is 0 Å². The van der Waals surface area contributed by atoms with Crippen LogP contribution in [-0.2, 0) is 23.7 Å². The summed E-state index contributed by atoms with van der Waals surface area (Å²) in [5, 5.41) is 0. The molecule has 0 aromatic heterocycles. The number of epoxide rings is 2. The fourth-order valence-corrected chi connectivity index (χ4v) is 6.69. The standard InChI is InChI=1S/C33H60O5/c1-31(2,17-10-20-34-19-8-7-11-25-13-15-27-29(23-25)37-27)33(5,6)36-22-18-32(3,4)35-21-9-12-26-14-16-28-30(24-26)38-28/h25-30H,7-24H2,1-6H3. The minimum atomic E-state index is -0.183. The summed E-state index contributed by atoms with van der Waals surface area (Å²) in [4.78, 5) is 0. The average Bonchev–Trinajstić information content (AvgIpc) is 3.77. The minimum Gasteiger partial charge on any atom is -0.381 e. The summed E-state index contributed by atoms with van der Waals surface area (Å²) >= 11 is 0. The second-order valence-corrected chi connectivity index (χ2v) is 14.7. The molecule has 222 valence electrons. The lowest BCUT2D eigenvalue weighted by atomic mass is 9.73. The molecule has 0 spiro atoms. The molecule has 2 aliphatic heterocycles. The maximum Gasteiger partial charge on any atom is 0.0844 e. The Morgan fingerprint density at radius 1 is 0.579 bits per heavy atom. The molecule has 2 saturated heterocycles. The minimum absolute atomic E-state index is 0.0926. The third kappa shape index (κ3) is 9.72. The van der Waals surface area contributed by atoms with Crippen molar-refractivity contribution in [2.45, 2.75) is 167 Å². The number of hydrogen-bond donors (Lipinski definition) is 0. The highest BCUT2D eigenvalue weighted by Crippen LogP contribution is 2.42. The van der Waals surface area contributed by atoms with Crippen LogP contribution in [0.1, 0.15) is 131 Å². The van der Waals surface area contributed by atoms with Crippen LogP contribution in [0, 0.1) is 17.3 Å². The van der Waals surface area contributed by atoms with Gasteiger partial charge in [-0.3, -0.25) is 0 Å². The Morgan fingerprint density at radius 3 is 1.82 bits per heavy atom. The molecule has 4 rings (SSSR count). The van der Waals surface area contributed by atoms with Gasteiger partial charge in [0.1, 0.15) is 0 Å². The molecule has 2 saturated carbocycles. The molecule has 0 amide bonds. The topological polar surface area (TPSA) is 52.8 Å². The molecular formula is C33H60O5. The molecule has 0 N–H and O–H groups in total. The Labute approximate surface area is 234 Å². The van der Waals surface area contributed by atoms with Gasteiger partial charge in [-0.15, -0.1) is 0 Å². The van der Waals surface area contributed by atoms with E-state index in [9.17, 15) is 0 Å². The molecule has 38 heavy (non-hydrogen) atoms. The fourth-order valence-electron chi connectivity index (χ4n) is 6.69. The predicted molar refractivity (Wildman–Crippen MR) is 154 cm³/mol. The first kappa shape index (κ1) is 30.8. The summed E-state index contributed by atoms with van der Waals surface area (Å²) in [6, 6.07) is 0.